The van der Waals surface area contributed by atoms with Crippen molar-refractivity contribution >= 4 is 0 Å². The molecule has 0 bridgehead atoms. The Hall–Kier alpha value is -1.30. The zero-order valence-electron chi connectivity index (χ0n) is 13.2. The Labute approximate surface area is 127 Å². The summed E-state index contributed by atoms with van der Waals surface area (Å²) < 4.78 is 16.3. The van der Waals surface area contributed by atoms with Gasteiger partial charge in [-0.2, -0.15) is 0 Å². The molecular weight excluding hydrogens is 268 g/mol. The molecule has 2 N–H and O–H groups in total. The number of methoxy groups -OCH3 is 1. The highest BCUT2D eigenvalue weighted by Gasteiger charge is 2.29. The molecule has 0 saturated carbocycles. The fourth-order valence-electron chi connectivity index (χ4n) is 2.70. The van der Waals surface area contributed by atoms with Crippen LogP contribution in [-0.2, 0) is 11.2 Å². The van der Waals surface area contributed by atoms with Gasteiger partial charge in [0.25, 0.3) is 0 Å². The van der Waals surface area contributed by atoms with Gasteiger partial charge in [-0.15, -0.1) is 0 Å². The summed E-state index contributed by atoms with van der Waals surface area (Å²) in [6.45, 7) is 7.91. The van der Waals surface area contributed by atoms with Gasteiger partial charge in [0.05, 0.1) is 32.6 Å². The van der Waals surface area contributed by atoms with Gasteiger partial charge in [-0.05, 0) is 31.5 Å². The topological polar surface area (TPSA) is 57.0 Å². The predicted molar refractivity (Wildman–Crippen MR) is 82.9 cm³/mol. The number of benzene rings is 1. The van der Waals surface area contributed by atoms with Crippen LogP contribution >= 0.6 is 0 Å². The van der Waals surface area contributed by atoms with Crippen molar-refractivity contribution in [2.45, 2.75) is 25.9 Å². The lowest BCUT2D eigenvalue weighted by molar-refractivity contribution is -0.0142. The third kappa shape index (κ3) is 4.09. The van der Waals surface area contributed by atoms with Crippen molar-refractivity contribution in [3.8, 4) is 11.5 Å². The van der Waals surface area contributed by atoms with Crippen LogP contribution in [-0.4, -0.2) is 50.6 Å². The minimum Gasteiger partial charge on any atom is -0.493 e. The van der Waals surface area contributed by atoms with Crippen molar-refractivity contribution in [2.75, 3.05) is 40.0 Å². The summed E-state index contributed by atoms with van der Waals surface area (Å²) in [5.74, 6) is 1.53. The number of nitrogens with two attached hydrogens (primary N) is 1. The monoisotopic (exact) mass is 294 g/mol. The number of rotatable bonds is 6. The molecular formula is C16H26N2O3. The van der Waals surface area contributed by atoms with Gasteiger partial charge in [0.1, 0.15) is 0 Å². The van der Waals surface area contributed by atoms with Crippen molar-refractivity contribution in [1.29, 1.82) is 0 Å². The molecule has 2 rings (SSSR count). The van der Waals surface area contributed by atoms with E-state index in [1.165, 1.54) is 0 Å². The summed E-state index contributed by atoms with van der Waals surface area (Å²) in [7, 11) is 1.66. The Balaban J connectivity index is 2.10. The number of ether oxygens (including phenoxy) is 3. The molecule has 1 saturated heterocycles. The third-order valence-corrected chi connectivity index (χ3v) is 3.82. The standard InChI is InChI=1S/C16H26N2O3/c1-4-21-14-6-5-13(11-15(14)19-3)12-16(2,17)18-7-9-20-10-8-18/h5-6,11H,4,7-10,12,17H2,1-3H3. The zero-order chi connectivity index (χ0) is 15.3. The van der Waals surface area contributed by atoms with Crippen LogP contribution in [0.15, 0.2) is 18.2 Å². The first-order valence-electron chi connectivity index (χ1n) is 7.48. The molecule has 0 amide bonds. The molecule has 5 heteroatoms. The van der Waals surface area contributed by atoms with Crippen LogP contribution in [0.2, 0.25) is 0 Å². The van der Waals surface area contributed by atoms with E-state index in [2.05, 4.69) is 17.9 Å². The van der Waals surface area contributed by atoms with Gasteiger partial charge in [-0.1, -0.05) is 6.07 Å². The summed E-state index contributed by atoms with van der Waals surface area (Å²) in [5, 5.41) is 0. The molecule has 0 radical (unpaired) electrons. The number of nitrogens with zero attached hydrogens (tertiary/aromatic N) is 1. The van der Waals surface area contributed by atoms with Crippen molar-refractivity contribution in [3.63, 3.8) is 0 Å². The largest absolute Gasteiger partial charge is 0.493 e. The Morgan fingerprint density at radius 3 is 2.62 bits per heavy atom. The van der Waals surface area contributed by atoms with Gasteiger partial charge < -0.3 is 19.9 Å². The van der Waals surface area contributed by atoms with Crippen LogP contribution in [0.3, 0.4) is 0 Å². The highest BCUT2D eigenvalue weighted by atomic mass is 16.5. The predicted octanol–water partition coefficient (Wildman–Crippen LogP) is 1.64. The lowest BCUT2D eigenvalue weighted by atomic mass is 9.99. The Bertz CT molecular complexity index is 457. The molecule has 1 aliphatic rings. The van der Waals surface area contributed by atoms with Gasteiger partial charge in [-0.25, -0.2) is 0 Å². The van der Waals surface area contributed by atoms with Crippen LogP contribution in [0, 0.1) is 0 Å². The van der Waals surface area contributed by atoms with Gasteiger partial charge in [0, 0.05) is 19.5 Å². The normalized spacial score (nSPS) is 19.0. The summed E-state index contributed by atoms with van der Waals surface area (Å²) in [6, 6.07) is 6.02. The summed E-state index contributed by atoms with van der Waals surface area (Å²) in [4.78, 5) is 2.28. The molecule has 1 aliphatic heterocycles. The van der Waals surface area contributed by atoms with E-state index in [1.807, 2.05) is 19.1 Å². The SMILES string of the molecule is CCOc1ccc(CC(C)(N)N2CCOCC2)cc1OC. The van der Waals surface area contributed by atoms with E-state index < -0.39 is 0 Å². The maximum Gasteiger partial charge on any atom is 0.161 e. The number of hydrogen-bond acceptors (Lipinski definition) is 5. The number of hydrogen-bond donors (Lipinski definition) is 1. The van der Waals surface area contributed by atoms with Crippen molar-refractivity contribution < 1.29 is 14.2 Å². The molecule has 0 aliphatic carbocycles. The molecule has 5 nitrogen and oxygen atoms in total. The number of morpholine rings is 1. The average Bonchev–Trinajstić information content (AvgIpc) is 2.49. The maximum absolute atomic E-state index is 6.51. The average molecular weight is 294 g/mol. The zero-order valence-corrected chi connectivity index (χ0v) is 13.2. The first kappa shape index (κ1) is 16.1. The fraction of sp³-hybridized carbons (Fsp3) is 0.625. The second kappa shape index (κ2) is 7.11. The molecule has 1 unspecified atom stereocenters. The molecule has 1 aromatic rings. The van der Waals surface area contributed by atoms with Gasteiger partial charge in [0.15, 0.2) is 11.5 Å². The molecule has 1 atom stereocenters. The molecule has 0 spiro atoms. The summed E-state index contributed by atoms with van der Waals surface area (Å²) in [6.07, 6.45) is 0.760. The van der Waals surface area contributed by atoms with Crippen LogP contribution in [0.5, 0.6) is 11.5 Å². The molecule has 1 fully saturated rings. The lowest BCUT2D eigenvalue weighted by Crippen LogP contribution is -2.58. The Kier molecular flexibility index (Phi) is 5.45. The van der Waals surface area contributed by atoms with Crippen LogP contribution < -0.4 is 15.2 Å². The minimum atomic E-state index is -0.387. The minimum absolute atomic E-state index is 0.387. The molecule has 0 aromatic heterocycles. The van der Waals surface area contributed by atoms with Crippen molar-refractivity contribution in [1.82, 2.24) is 4.90 Å². The van der Waals surface area contributed by atoms with E-state index in [0.717, 1.165) is 49.8 Å². The Morgan fingerprint density at radius 2 is 2.00 bits per heavy atom. The van der Waals surface area contributed by atoms with Gasteiger partial charge in [0.2, 0.25) is 0 Å². The summed E-state index contributed by atoms with van der Waals surface area (Å²) >= 11 is 0. The van der Waals surface area contributed by atoms with Crippen molar-refractivity contribution in [2.24, 2.45) is 5.73 Å². The van der Waals surface area contributed by atoms with E-state index in [1.54, 1.807) is 7.11 Å². The Morgan fingerprint density at radius 1 is 1.29 bits per heavy atom. The fourth-order valence-corrected chi connectivity index (χ4v) is 2.70. The van der Waals surface area contributed by atoms with Crippen LogP contribution in [0.25, 0.3) is 0 Å². The van der Waals surface area contributed by atoms with Gasteiger partial charge in [-0.3, -0.25) is 4.90 Å². The molecule has 21 heavy (non-hydrogen) atoms. The van der Waals surface area contributed by atoms with E-state index >= 15 is 0 Å². The van der Waals surface area contributed by atoms with Gasteiger partial charge >= 0.3 is 0 Å². The first-order chi connectivity index (χ1) is 10.1. The van der Waals surface area contributed by atoms with Crippen LogP contribution in [0.4, 0.5) is 0 Å². The second-order valence-corrected chi connectivity index (χ2v) is 5.55. The van der Waals surface area contributed by atoms with E-state index in [0.29, 0.717) is 6.61 Å². The highest BCUT2D eigenvalue weighted by Crippen LogP contribution is 2.29. The van der Waals surface area contributed by atoms with Crippen molar-refractivity contribution in [3.05, 3.63) is 23.8 Å². The molecule has 118 valence electrons. The first-order valence-corrected chi connectivity index (χ1v) is 7.48. The summed E-state index contributed by atoms with van der Waals surface area (Å²) in [5.41, 5.74) is 7.27. The maximum atomic E-state index is 6.51. The third-order valence-electron chi connectivity index (χ3n) is 3.82. The van der Waals surface area contributed by atoms with E-state index in [9.17, 15) is 0 Å². The van der Waals surface area contributed by atoms with Crippen LogP contribution in [0.1, 0.15) is 19.4 Å². The van der Waals surface area contributed by atoms with E-state index in [-0.39, 0.29) is 5.66 Å². The smallest absolute Gasteiger partial charge is 0.161 e. The highest BCUT2D eigenvalue weighted by molar-refractivity contribution is 5.43. The molecule has 1 heterocycles. The second-order valence-electron chi connectivity index (χ2n) is 5.55. The molecule has 1 aromatic carbocycles. The quantitative estimate of drug-likeness (QED) is 0.864. The lowest BCUT2D eigenvalue weighted by Gasteiger charge is -2.40. The van der Waals surface area contributed by atoms with E-state index in [4.69, 9.17) is 19.9 Å².